The summed E-state index contributed by atoms with van der Waals surface area (Å²) in [7, 11) is -3.85. The zero-order chi connectivity index (χ0) is 22.0. The molecular weight excluding hydrogens is 461 g/mol. The molecule has 6 nitrogen and oxygen atoms in total. The van der Waals surface area contributed by atoms with Crippen molar-refractivity contribution in [3.63, 3.8) is 0 Å². The van der Waals surface area contributed by atoms with Crippen molar-refractivity contribution in [2.45, 2.75) is 4.21 Å². The van der Waals surface area contributed by atoms with Crippen LogP contribution in [0, 0.1) is 5.82 Å². The van der Waals surface area contributed by atoms with Crippen LogP contribution in [-0.4, -0.2) is 45.4 Å². The Morgan fingerprint density at radius 3 is 2.29 bits per heavy atom. The number of para-hydroxylation sites is 1. The maximum Gasteiger partial charge on any atom is 0.271 e. The molecule has 4 rings (SSSR count). The first-order valence-corrected chi connectivity index (χ1v) is 12.2. The summed E-state index contributed by atoms with van der Waals surface area (Å²) in [5.41, 5.74) is 1.40. The third-order valence-electron chi connectivity index (χ3n) is 4.97. The van der Waals surface area contributed by atoms with E-state index in [2.05, 4.69) is 9.62 Å². The van der Waals surface area contributed by atoms with Crippen LogP contribution in [0.1, 0.15) is 10.4 Å². The number of sulfonamides is 1. The molecule has 2 heterocycles. The summed E-state index contributed by atoms with van der Waals surface area (Å²) in [5.74, 6) is -0.539. The van der Waals surface area contributed by atoms with Gasteiger partial charge in [-0.05, 0) is 48.5 Å². The van der Waals surface area contributed by atoms with Gasteiger partial charge in [0.1, 0.15) is 10.0 Å². The largest absolute Gasteiger partial charge is 0.368 e. The van der Waals surface area contributed by atoms with Gasteiger partial charge in [0.2, 0.25) is 0 Å². The minimum atomic E-state index is -3.85. The van der Waals surface area contributed by atoms with Gasteiger partial charge in [-0.3, -0.25) is 9.52 Å². The Balaban J connectivity index is 1.48. The first-order valence-electron chi connectivity index (χ1n) is 9.50. The average molecular weight is 480 g/mol. The molecule has 2 aromatic carbocycles. The molecule has 1 amide bonds. The fraction of sp³-hybridized carbons (Fsp3) is 0.190. The van der Waals surface area contributed by atoms with Crippen molar-refractivity contribution in [1.82, 2.24) is 4.90 Å². The minimum Gasteiger partial charge on any atom is -0.368 e. The van der Waals surface area contributed by atoms with Gasteiger partial charge in [-0.1, -0.05) is 23.7 Å². The molecule has 0 radical (unpaired) electrons. The van der Waals surface area contributed by atoms with E-state index in [1.807, 2.05) is 0 Å². The maximum atomic E-state index is 13.1. The number of amides is 1. The molecule has 0 spiro atoms. The maximum absolute atomic E-state index is 13.1. The Morgan fingerprint density at radius 1 is 0.968 bits per heavy atom. The number of nitrogens with zero attached hydrogens (tertiary/aromatic N) is 2. The Hall–Kier alpha value is -2.62. The zero-order valence-corrected chi connectivity index (χ0v) is 18.7. The van der Waals surface area contributed by atoms with Crippen LogP contribution in [0.2, 0.25) is 4.34 Å². The number of hydrogen-bond donors (Lipinski definition) is 1. The lowest BCUT2D eigenvalue weighted by atomic mass is 10.1. The van der Waals surface area contributed by atoms with Gasteiger partial charge in [-0.2, -0.15) is 0 Å². The second-order valence-corrected chi connectivity index (χ2v) is 10.6. The second-order valence-electron chi connectivity index (χ2n) is 6.97. The van der Waals surface area contributed by atoms with Crippen LogP contribution >= 0.6 is 22.9 Å². The number of anilines is 2. The topological polar surface area (TPSA) is 69.7 Å². The van der Waals surface area contributed by atoms with E-state index in [1.165, 1.54) is 24.3 Å². The van der Waals surface area contributed by atoms with Gasteiger partial charge in [-0.15, -0.1) is 11.3 Å². The van der Waals surface area contributed by atoms with Crippen LogP contribution in [0.3, 0.4) is 0 Å². The quantitative estimate of drug-likeness (QED) is 0.592. The highest BCUT2D eigenvalue weighted by Gasteiger charge is 2.26. The normalized spacial score (nSPS) is 14.5. The minimum absolute atomic E-state index is 0.0765. The fourth-order valence-electron chi connectivity index (χ4n) is 3.39. The van der Waals surface area contributed by atoms with E-state index < -0.39 is 10.0 Å². The van der Waals surface area contributed by atoms with E-state index in [9.17, 15) is 17.6 Å². The molecule has 0 bridgehead atoms. The van der Waals surface area contributed by atoms with Crippen LogP contribution in [0.4, 0.5) is 15.8 Å². The lowest BCUT2D eigenvalue weighted by molar-refractivity contribution is 0.0748. The molecule has 162 valence electrons. The van der Waals surface area contributed by atoms with Crippen LogP contribution in [0.15, 0.2) is 64.9 Å². The lowest BCUT2D eigenvalue weighted by Gasteiger charge is -2.36. The van der Waals surface area contributed by atoms with Crippen molar-refractivity contribution in [2.75, 3.05) is 35.8 Å². The van der Waals surface area contributed by atoms with Gasteiger partial charge < -0.3 is 9.80 Å². The Bertz CT molecular complexity index is 1190. The molecule has 0 saturated carbocycles. The fourth-order valence-corrected chi connectivity index (χ4v) is 5.95. The van der Waals surface area contributed by atoms with Crippen LogP contribution in [0.25, 0.3) is 0 Å². The molecule has 1 N–H and O–H groups in total. The van der Waals surface area contributed by atoms with Crippen LogP contribution < -0.4 is 9.62 Å². The molecular formula is C21H19ClFN3O3S2. The van der Waals surface area contributed by atoms with E-state index in [-0.39, 0.29) is 27.2 Å². The molecule has 0 unspecified atom stereocenters. The number of halogens is 2. The summed E-state index contributed by atoms with van der Waals surface area (Å²) < 4.78 is 41.4. The number of piperazine rings is 1. The van der Waals surface area contributed by atoms with E-state index in [1.54, 1.807) is 41.3 Å². The summed E-state index contributed by atoms with van der Waals surface area (Å²) in [6.07, 6.45) is 0. The third kappa shape index (κ3) is 4.84. The van der Waals surface area contributed by atoms with Crippen molar-refractivity contribution in [2.24, 2.45) is 0 Å². The van der Waals surface area contributed by atoms with Gasteiger partial charge in [-0.25, -0.2) is 12.8 Å². The SMILES string of the molecule is O=C(c1ccccc1NS(=O)(=O)c1ccc(Cl)s1)N1CCN(c2ccc(F)cc2)CC1. The monoisotopic (exact) mass is 479 g/mol. The third-order valence-corrected chi connectivity index (χ3v) is 8.06. The molecule has 0 atom stereocenters. The van der Waals surface area contributed by atoms with Crippen LogP contribution in [0.5, 0.6) is 0 Å². The van der Waals surface area contributed by atoms with Gasteiger partial charge in [0.15, 0.2) is 0 Å². The van der Waals surface area contributed by atoms with Crippen LogP contribution in [-0.2, 0) is 10.0 Å². The molecule has 10 heteroatoms. The second kappa shape index (κ2) is 8.86. The number of rotatable bonds is 5. The average Bonchev–Trinajstić information content (AvgIpc) is 3.22. The molecule has 1 aliphatic heterocycles. The molecule has 0 aliphatic carbocycles. The number of nitrogens with one attached hydrogen (secondary N) is 1. The van der Waals surface area contributed by atoms with Crippen molar-refractivity contribution < 1.29 is 17.6 Å². The zero-order valence-electron chi connectivity index (χ0n) is 16.3. The number of thiophene rings is 1. The number of carbonyl (C=O) groups is 1. The first-order chi connectivity index (χ1) is 14.8. The smallest absolute Gasteiger partial charge is 0.271 e. The van der Waals surface area contributed by atoms with Gasteiger partial charge in [0.25, 0.3) is 15.9 Å². The highest BCUT2D eigenvalue weighted by molar-refractivity contribution is 7.94. The van der Waals surface area contributed by atoms with Crippen molar-refractivity contribution in [3.8, 4) is 0 Å². The highest BCUT2D eigenvalue weighted by Crippen LogP contribution is 2.29. The standard InChI is InChI=1S/C21H19ClFN3O3S2/c22-19-9-10-20(30-19)31(28,29)24-18-4-2-1-3-17(18)21(27)26-13-11-25(12-14-26)16-7-5-15(23)6-8-16/h1-10,24H,11-14H2. The lowest BCUT2D eigenvalue weighted by Crippen LogP contribution is -2.49. The van der Waals surface area contributed by atoms with Gasteiger partial charge in [0.05, 0.1) is 15.6 Å². The summed E-state index contributed by atoms with van der Waals surface area (Å²) in [4.78, 5) is 16.9. The summed E-state index contributed by atoms with van der Waals surface area (Å²) >= 11 is 6.81. The van der Waals surface area contributed by atoms with Crippen molar-refractivity contribution >= 4 is 50.2 Å². The summed E-state index contributed by atoms with van der Waals surface area (Å²) in [6, 6.07) is 15.7. The first kappa shape index (κ1) is 21.6. The molecule has 1 aliphatic rings. The Morgan fingerprint density at radius 2 is 1.65 bits per heavy atom. The summed E-state index contributed by atoms with van der Waals surface area (Å²) in [6.45, 7) is 2.13. The molecule has 1 fully saturated rings. The highest BCUT2D eigenvalue weighted by atomic mass is 35.5. The summed E-state index contributed by atoms with van der Waals surface area (Å²) in [5, 5.41) is 0. The molecule has 1 saturated heterocycles. The Kier molecular flexibility index (Phi) is 6.17. The van der Waals surface area contributed by atoms with E-state index in [0.29, 0.717) is 30.5 Å². The van der Waals surface area contributed by atoms with E-state index in [0.717, 1.165) is 17.0 Å². The van der Waals surface area contributed by atoms with Crippen molar-refractivity contribution in [3.05, 3.63) is 76.4 Å². The number of carbonyl (C=O) groups excluding carboxylic acids is 1. The molecule has 31 heavy (non-hydrogen) atoms. The van der Waals surface area contributed by atoms with Crippen molar-refractivity contribution in [1.29, 1.82) is 0 Å². The molecule has 1 aromatic heterocycles. The number of hydrogen-bond acceptors (Lipinski definition) is 5. The number of benzene rings is 2. The molecule has 3 aromatic rings. The van der Waals surface area contributed by atoms with E-state index in [4.69, 9.17) is 11.6 Å². The van der Waals surface area contributed by atoms with Gasteiger partial charge >= 0.3 is 0 Å². The Labute approximate surface area is 188 Å². The predicted molar refractivity (Wildman–Crippen MR) is 121 cm³/mol. The van der Waals surface area contributed by atoms with Gasteiger partial charge in [0, 0.05) is 31.9 Å². The predicted octanol–water partition coefficient (Wildman–Crippen LogP) is 4.30. The van der Waals surface area contributed by atoms with E-state index >= 15 is 0 Å².